The number of piperazine rings is 1. The summed E-state index contributed by atoms with van der Waals surface area (Å²) in [6.07, 6.45) is 4.13. The molecule has 1 saturated heterocycles. The van der Waals surface area contributed by atoms with Gasteiger partial charge in [0, 0.05) is 38.6 Å². The second-order valence-electron chi connectivity index (χ2n) is 8.47. The summed E-state index contributed by atoms with van der Waals surface area (Å²) in [5.41, 5.74) is 0.457. The molecule has 170 valence electrons. The maximum Gasteiger partial charge on any atom is 0.325 e. The molecule has 0 spiro atoms. The number of nitrogens with one attached hydrogen (secondary N) is 1. The smallest absolute Gasteiger partial charge is 0.325 e. The molecule has 8 heteroatoms. The van der Waals surface area contributed by atoms with E-state index in [1.165, 1.54) is 4.31 Å². The average molecular weight is 456 g/mol. The highest BCUT2D eigenvalue weighted by atomic mass is 32.2. The van der Waals surface area contributed by atoms with Crippen LogP contribution in [0.5, 0.6) is 0 Å². The predicted molar refractivity (Wildman–Crippen MR) is 124 cm³/mol. The molecular weight excluding hydrogens is 426 g/mol. The third-order valence-electron chi connectivity index (χ3n) is 6.55. The van der Waals surface area contributed by atoms with E-state index in [1.54, 1.807) is 6.92 Å². The van der Waals surface area contributed by atoms with Gasteiger partial charge in [0.15, 0.2) is 0 Å². The number of rotatable bonds is 8. The second kappa shape index (κ2) is 9.15. The lowest BCUT2D eigenvalue weighted by Gasteiger charge is -2.34. The molecule has 3 atom stereocenters. The van der Waals surface area contributed by atoms with Crippen LogP contribution in [0.4, 0.5) is 0 Å². The van der Waals surface area contributed by atoms with E-state index in [-0.39, 0.29) is 11.8 Å². The van der Waals surface area contributed by atoms with Crippen molar-refractivity contribution in [2.45, 2.75) is 18.4 Å². The van der Waals surface area contributed by atoms with Gasteiger partial charge in [0.2, 0.25) is 0 Å². The van der Waals surface area contributed by atoms with Gasteiger partial charge in [-0.15, -0.1) is 0 Å². The lowest BCUT2D eigenvalue weighted by molar-refractivity contribution is -0.140. The summed E-state index contributed by atoms with van der Waals surface area (Å²) in [6, 6.07) is 19.3. The lowest BCUT2D eigenvalue weighted by atomic mass is 10.1. The van der Waals surface area contributed by atoms with Gasteiger partial charge >= 0.3 is 5.97 Å². The fourth-order valence-electron chi connectivity index (χ4n) is 4.63. The Hall–Kier alpha value is -2.52. The molecule has 1 unspecified atom stereocenters. The van der Waals surface area contributed by atoms with Crippen LogP contribution in [0, 0.1) is 5.92 Å². The molecule has 4 rings (SSSR count). The zero-order chi connectivity index (χ0) is 22.8. The highest BCUT2D eigenvalue weighted by Crippen LogP contribution is 2.57. The Balaban J connectivity index is 1.37. The minimum absolute atomic E-state index is 0.328. The molecule has 32 heavy (non-hydrogen) atoms. The van der Waals surface area contributed by atoms with Crippen molar-refractivity contribution in [2.24, 2.45) is 5.92 Å². The molecule has 0 amide bonds. The Morgan fingerprint density at radius 2 is 1.66 bits per heavy atom. The number of carbonyl (C=O) groups is 1. The molecule has 0 aromatic heterocycles. The summed E-state index contributed by atoms with van der Waals surface area (Å²) in [7, 11) is -3.93. The molecule has 2 aliphatic rings. The molecule has 2 aromatic rings. The maximum atomic E-state index is 13.1. The Bertz CT molecular complexity index is 1070. The Labute approximate surface area is 189 Å². The zero-order valence-electron chi connectivity index (χ0n) is 18.1. The SMILES string of the molecule is CC1[C@H](c2ccccc2)[C@]1(NS(=O)(=O)N1CCN(CC=Cc2ccccc2)CC1)C(=O)O. The fraction of sp³-hybridized carbons (Fsp3) is 0.375. The Kier molecular flexibility index (Phi) is 6.48. The third kappa shape index (κ3) is 4.49. The van der Waals surface area contributed by atoms with Crippen molar-refractivity contribution in [1.29, 1.82) is 0 Å². The van der Waals surface area contributed by atoms with Gasteiger partial charge in [-0.25, -0.2) is 0 Å². The first-order valence-electron chi connectivity index (χ1n) is 10.9. The van der Waals surface area contributed by atoms with Crippen LogP contribution in [0.2, 0.25) is 0 Å². The van der Waals surface area contributed by atoms with Crippen LogP contribution in [-0.2, 0) is 15.0 Å². The molecule has 1 saturated carbocycles. The summed E-state index contributed by atoms with van der Waals surface area (Å²) in [5, 5.41) is 9.94. The van der Waals surface area contributed by atoms with Crippen LogP contribution in [-0.4, -0.2) is 67.0 Å². The number of aliphatic carboxylic acids is 1. The van der Waals surface area contributed by atoms with Gasteiger partial charge in [0.1, 0.15) is 5.54 Å². The molecule has 2 fully saturated rings. The molecule has 7 nitrogen and oxygen atoms in total. The van der Waals surface area contributed by atoms with Crippen molar-refractivity contribution in [3.05, 3.63) is 77.9 Å². The number of hydrogen-bond acceptors (Lipinski definition) is 4. The van der Waals surface area contributed by atoms with Gasteiger partial charge in [-0.2, -0.15) is 17.4 Å². The number of carboxylic acid groups (broad SMARTS) is 1. The number of nitrogens with zero attached hydrogens (tertiary/aromatic N) is 2. The lowest BCUT2D eigenvalue weighted by Crippen LogP contribution is -2.56. The molecule has 0 radical (unpaired) electrons. The van der Waals surface area contributed by atoms with Gasteiger partial charge in [0.05, 0.1) is 0 Å². The van der Waals surface area contributed by atoms with Gasteiger partial charge in [-0.1, -0.05) is 79.7 Å². The fourth-order valence-corrected chi connectivity index (χ4v) is 6.23. The first-order chi connectivity index (χ1) is 15.3. The minimum atomic E-state index is -3.93. The summed E-state index contributed by atoms with van der Waals surface area (Å²) in [5.74, 6) is -1.85. The highest BCUT2D eigenvalue weighted by molar-refractivity contribution is 7.87. The van der Waals surface area contributed by atoms with Gasteiger partial charge in [-0.3, -0.25) is 9.69 Å². The summed E-state index contributed by atoms with van der Waals surface area (Å²) in [4.78, 5) is 14.3. The van der Waals surface area contributed by atoms with E-state index in [2.05, 4.69) is 21.8 Å². The summed E-state index contributed by atoms with van der Waals surface area (Å²) >= 11 is 0. The van der Waals surface area contributed by atoms with Crippen molar-refractivity contribution in [3.63, 3.8) is 0 Å². The largest absolute Gasteiger partial charge is 0.480 e. The highest BCUT2D eigenvalue weighted by Gasteiger charge is 2.70. The van der Waals surface area contributed by atoms with E-state index in [0.29, 0.717) is 26.2 Å². The molecule has 2 N–H and O–H groups in total. The average Bonchev–Trinajstić information content (AvgIpc) is 3.39. The van der Waals surface area contributed by atoms with Crippen molar-refractivity contribution < 1.29 is 18.3 Å². The first kappa shape index (κ1) is 22.7. The van der Waals surface area contributed by atoms with E-state index in [9.17, 15) is 18.3 Å². The van der Waals surface area contributed by atoms with Crippen molar-refractivity contribution >= 4 is 22.3 Å². The summed E-state index contributed by atoms with van der Waals surface area (Å²) < 4.78 is 30.1. The van der Waals surface area contributed by atoms with Crippen molar-refractivity contribution in [2.75, 3.05) is 32.7 Å². The van der Waals surface area contributed by atoms with Crippen LogP contribution in [0.1, 0.15) is 24.0 Å². The van der Waals surface area contributed by atoms with Crippen LogP contribution >= 0.6 is 0 Å². The molecular formula is C24H29N3O4S. The van der Waals surface area contributed by atoms with E-state index in [4.69, 9.17) is 0 Å². The Morgan fingerprint density at radius 1 is 1.06 bits per heavy atom. The molecule has 1 heterocycles. The minimum Gasteiger partial charge on any atom is -0.480 e. The zero-order valence-corrected chi connectivity index (χ0v) is 18.9. The number of carboxylic acids is 1. The quantitative estimate of drug-likeness (QED) is 0.638. The van der Waals surface area contributed by atoms with Crippen LogP contribution < -0.4 is 4.72 Å². The third-order valence-corrected chi connectivity index (χ3v) is 8.20. The second-order valence-corrected chi connectivity index (χ2v) is 10.1. The first-order valence-corrected chi connectivity index (χ1v) is 12.3. The van der Waals surface area contributed by atoms with E-state index >= 15 is 0 Å². The van der Waals surface area contributed by atoms with Crippen LogP contribution in [0.15, 0.2) is 66.7 Å². The number of benzene rings is 2. The van der Waals surface area contributed by atoms with Crippen molar-refractivity contribution in [1.82, 2.24) is 13.9 Å². The van der Waals surface area contributed by atoms with Crippen LogP contribution in [0.25, 0.3) is 6.08 Å². The monoisotopic (exact) mass is 455 g/mol. The normalized spacial score (nSPS) is 26.9. The van der Waals surface area contributed by atoms with E-state index in [0.717, 1.165) is 17.7 Å². The summed E-state index contributed by atoms with van der Waals surface area (Å²) in [6.45, 7) is 4.37. The molecule has 1 aliphatic carbocycles. The Morgan fingerprint density at radius 3 is 2.25 bits per heavy atom. The molecule has 2 aromatic carbocycles. The predicted octanol–water partition coefficient (Wildman–Crippen LogP) is 2.41. The van der Waals surface area contributed by atoms with E-state index in [1.807, 2.05) is 60.7 Å². The standard InChI is InChI=1S/C24H29N3O4S/c1-19-22(21-12-6-3-7-13-21)24(19,23(28)29)25-32(30,31)27-17-15-26(16-18-27)14-8-11-20-9-4-2-5-10-20/h2-13,19,22,25H,14-18H2,1H3,(H,28,29)/t19?,22-,24+/m1/s1. The topological polar surface area (TPSA) is 90.0 Å². The van der Waals surface area contributed by atoms with Gasteiger partial charge < -0.3 is 5.11 Å². The van der Waals surface area contributed by atoms with Gasteiger partial charge in [-0.05, 0) is 17.0 Å². The number of hydrogen-bond donors (Lipinski definition) is 2. The van der Waals surface area contributed by atoms with Crippen LogP contribution in [0.3, 0.4) is 0 Å². The molecule has 0 bridgehead atoms. The maximum absolute atomic E-state index is 13.1. The van der Waals surface area contributed by atoms with Gasteiger partial charge in [0.25, 0.3) is 10.2 Å². The van der Waals surface area contributed by atoms with E-state index < -0.39 is 21.7 Å². The van der Waals surface area contributed by atoms with Crippen molar-refractivity contribution in [3.8, 4) is 0 Å². The molecule has 1 aliphatic heterocycles.